The van der Waals surface area contributed by atoms with Gasteiger partial charge in [-0.05, 0) is 50.6 Å². The number of ether oxygens (including phenoxy) is 1. The van der Waals surface area contributed by atoms with Gasteiger partial charge in [0.05, 0.1) is 16.5 Å². The molecule has 0 aliphatic heterocycles. The van der Waals surface area contributed by atoms with Crippen molar-refractivity contribution in [3.8, 4) is 5.75 Å². The summed E-state index contributed by atoms with van der Waals surface area (Å²) in [7, 11) is 0. The van der Waals surface area contributed by atoms with Gasteiger partial charge < -0.3 is 14.6 Å². The van der Waals surface area contributed by atoms with Crippen molar-refractivity contribution in [3.63, 3.8) is 0 Å². The fourth-order valence-corrected chi connectivity index (χ4v) is 3.80. The molecule has 1 N–H and O–H groups in total. The minimum atomic E-state index is -0.476. The molecule has 0 spiro atoms. The van der Waals surface area contributed by atoms with Gasteiger partial charge in [-0.25, -0.2) is 4.39 Å². The molecule has 1 unspecified atom stereocenters. The molecule has 1 heterocycles. The Morgan fingerprint density at radius 3 is 2.80 bits per heavy atom. The summed E-state index contributed by atoms with van der Waals surface area (Å²) in [4.78, 5) is 12.2. The predicted molar refractivity (Wildman–Crippen MR) is 117 cm³/mol. The third-order valence-electron chi connectivity index (χ3n) is 4.30. The van der Waals surface area contributed by atoms with Crippen LogP contribution in [0, 0.1) is 12.7 Å². The lowest BCUT2D eigenvalue weighted by Crippen LogP contribution is -2.16. The first kappa shape index (κ1) is 22.1. The van der Waals surface area contributed by atoms with Crippen LogP contribution in [-0.4, -0.2) is 26.4 Å². The number of thioether (sulfide) groups is 1. The van der Waals surface area contributed by atoms with E-state index in [0.29, 0.717) is 28.3 Å². The Bertz CT molecular complexity index is 1040. The van der Waals surface area contributed by atoms with Gasteiger partial charge in [0.1, 0.15) is 11.6 Å². The Kier molecular flexibility index (Phi) is 7.33. The molecule has 30 heavy (non-hydrogen) atoms. The largest absolute Gasteiger partial charge is 0.481 e. The van der Waals surface area contributed by atoms with E-state index >= 15 is 0 Å². The summed E-state index contributed by atoms with van der Waals surface area (Å²) in [5.74, 6) is 0.481. The molecule has 0 aliphatic carbocycles. The molecule has 1 amide bonds. The summed E-state index contributed by atoms with van der Waals surface area (Å²) in [5.41, 5.74) is 1.19. The monoisotopic (exact) mass is 448 g/mol. The fraction of sp³-hybridized carbons (Fsp3) is 0.286. The number of benzene rings is 2. The maximum atomic E-state index is 13.7. The van der Waals surface area contributed by atoms with Gasteiger partial charge in [-0.3, -0.25) is 4.79 Å². The van der Waals surface area contributed by atoms with Gasteiger partial charge >= 0.3 is 0 Å². The lowest BCUT2D eigenvalue weighted by atomic mass is 10.2. The Morgan fingerprint density at radius 2 is 2.07 bits per heavy atom. The van der Waals surface area contributed by atoms with Gasteiger partial charge in [0.2, 0.25) is 5.91 Å². The number of aryl methyl sites for hydroxylation is 1. The third-order valence-corrected chi connectivity index (χ3v) is 5.58. The summed E-state index contributed by atoms with van der Waals surface area (Å²) < 4.78 is 21.6. The number of rotatable bonds is 8. The highest BCUT2D eigenvalue weighted by Crippen LogP contribution is 2.30. The quantitative estimate of drug-likeness (QED) is 0.475. The van der Waals surface area contributed by atoms with E-state index in [9.17, 15) is 9.18 Å². The number of nitrogens with one attached hydrogen (secondary N) is 1. The zero-order chi connectivity index (χ0) is 21.7. The van der Waals surface area contributed by atoms with Crippen LogP contribution in [0.3, 0.4) is 0 Å². The number of carbonyl (C=O) groups is 1. The summed E-state index contributed by atoms with van der Waals surface area (Å²) in [6, 6.07) is 11.6. The average molecular weight is 449 g/mol. The van der Waals surface area contributed by atoms with Gasteiger partial charge in [-0.1, -0.05) is 41.6 Å². The predicted octanol–water partition coefficient (Wildman–Crippen LogP) is 5.27. The molecule has 9 heteroatoms. The number of halogens is 2. The number of aromatic nitrogens is 3. The van der Waals surface area contributed by atoms with Crippen LogP contribution in [-0.2, 0) is 11.3 Å². The summed E-state index contributed by atoms with van der Waals surface area (Å²) in [6.45, 7) is 6.40. The van der Waals surface area contributed by atoms with Crippen molar-refractivity contribution in [1.82, 2.24) is 14.8 Å². The SMILES string of the molecule is CCn1c(SCC(=O)Nc2ccccc2F)nnc1C(C)Oc1cc(C)ccc1Cl. The molecule has 0 saturated heterocycles. The third kappa shape index (κ3) is 5.31. The van der Waals surface area contributed by atoms with Crippen LogP contribution in [0.15, 0.2) is 47.6 Å². The van der Waals surface area contributed by atoms with Crippen LogP contribution < -0.4 is 10.1 Å². The van der Waals surface area contributed by atoms with Crippen molar-refractivity contribution in [3.05, 3.63) is 64.7 Å². The molecule has 0 bridgehead atoms. The van der Waals surface area contributed by atoms with E-state index in [1.807, 2.05) is 37.5 Å². The van der Waals surface area contributed by atoms with E-state index in [1.165, 1.54) is 23.9 Å². The van der Waals surface area contributed by atoms with Crippen LogP contribution in [0.25, 0.3) is 0 Å². The first-order valence-electron chi connectivity index (χ1n) is 9.42. The summed E-state index contributed by atoms with van der Waals surface area (Å²) in [5, 5.41) is 12.1. The van der Waals surface area contributed by atoms with E-state index in [4.69, 9.17) is 16.3 Å². The molecule has 0 fully saturated rings. The van der Waals surface area contributed by atoms with Crippen molar-refractivity contribution in [1.29, 1.82) is 0 Å². The Balaban J connectivity index is 1.67. The highest BCUT2D eigenvalue weighted by atomic mass is 35.5. The molecular weight excluding hydrogens is 427 g/mol. The lowest BCUT2D eigenvalue weighted by Gasteiger charge is -2.16. The topological polar surface area (TPSA) is 69.0 Å². The zero-order valence-electron chi connectivity index (χ0n) is 16.9. The zero-order valence-corrected chi connectivity index (χ0v) is 18.4. The molecule has 3 rings (SSSR count). The molecule has 158 valence electrons. The first-order chi connectivity index (χ1) is 14.4. The van der Waals surface area contributed by atoms with Crippen LogP contribution in [0.1, 0.15) is 31.3 Å². The van der Waals surface area contributed by atoms with Crippen molar-refractivity contribution in [2.75, 3.05) is 11.1 Å². The molecule has 0 radical (unpaired) electrons. The number of hydrogen-bond acceptors (Lipinski definition) is 5. The molecule has 3 aromatic rings. The van der Waals surface area contributed by atoms with Gasteiger partial charge in [0.15, 0.2) is 17.1 Å². The maximum absolute atomic E-state index is 13.7. The van der Waals surface area contributed by atoms with E-state index < -0.39 is 11.9 Å². The summed E-state index contributed by atoms with van der Waals surface area (Å²) >= 11 is 7.45. The van der Waals surface area contributed by atoms with Gasteiger partial charge in [-0.2, -0.15) is 0 Å². The van der Waals surface area contributed by atoms with Gasteiger partial charge in [0.25, 0.3) is 0 Å². The number of anilines is 1. The van der Waals surface area contributed by atoms with Crippen LogP contribution in [0.5, 0.6) is 5.75 Å². The van der Waals surface area contributed by atoms with Crippen LogP contribution >= 0.6 is 23.4 Å². The van der Waals surface area contributed by atoms with Gasteiger partial charge in [-0.15, -0.1) is 10.2 Å². The number of para-hydroxylation sites is 1. The van der Waals surface area contributed by atoms with Gasteiger partial charge in [0, 0.05) is 6.54 Å². The highest BCUT2D eigenvalue weighted by molar-refractivity contribution is 7.99. The fourth-order valence-electron chi connectivity index (χ4n) is 2.83. The number of hydrogen-bond donors (Lipinski definition) is 1. The standard InChI is InChI=1S/C21H22ClFN4O2S/c1-4-27-20(14(3)29-18-11-13(2)9-10-15(18)22)25-26-21(27)30-12-19(28)24-17-8-6-5-7-16(17)23/h5-11,14H,4,12H2,1-3H3,(H,24,28). The normalized spacial score (nSPS) is 11.9. The van der Waals surface area contributed by atoms with Crippen molar-refractivity contribution in [2.45, 2.75) is 38.6 Å². The smallest absolute Gasteiger partial charge is 0.234 e. The van der Waals surface area contributed by atoms with Crippen molar-refractivity contribution >= 4 is 35.0 Å². The second kappa shape index (κ2) is 9.95. The van der Waals surface area contributed by atoms with E-state index in [-0.39, 0.29) is 17.3 Å². The molecule has 0 aliphatic rings. The molecule has 1 atom stereocenters. The average Bonchev–Trinajstić information content (AvgIpc) is 3.14. The molecular formula is C21H22ClFN4O2S. The Morgan fingerprint density at radius 1 is 1.30 bits per heavy atom. The molecule has 1 aromatic heterocycles. The van der Waals surface area contributed by atoms with Crippen molar-refractivity contribution < 1.29 is 13.9 Å². The first-order valence-corrected chi connectivity index (χ1v) is 10.8. The minimum Gasteiger partial charge on any atom is -0.481 e. The van der Waals surface area contributed by atoms with Crippen molar-refractivity contribution in [2.24, 2.45) is 0 Å². The molecule has 6 nitrogen and oxygen atoms in total. The Labute approximate surface area is 183 Å². The summed E-state index contributed by atoms with van der Waals surface area (Å²) in [6.07, 6.45) is -0.390. The maximum Gasteiger partial charge on any atom is 0.234 e. The highest BCUT2D eigenvalue weighted by Gasteiger charge is 2.20. The number of amides is 1. The van der Waals surface area contributed by atoms with Crippen LogP contribution in [0.2, 0.25) is 5.02 Å². The molecule has 2 aromatic carbocycles. The van der Waals surface area contributed by atoms with E-state index in [1.54, 1.807) is 18.2 Å². The number of carbonyl (C=O) groups excluding carboxylic acids is 1. The lowest BCUT2D eigenvalue weighted by molar-refractivity contribution is -0.113. The second-order valence-electron chi connectivity index (χ2n) is 6.60. The number of nitrogens with zero attached hydrogens (tertiary/aromatic N) is 3. The molecule has 0 saturated carbocycles. The second-order valence-corrected chi connectivity index (χ2v) is 7.95. The van der Waals surface area contributed by atoms with Crippen LogP contribution in [0.4, 0.5) is 10.1 Å². The van der Waals surface area contributed by atoms with E-state index in [2.05, 4.69) is 15.5 Å². The Hall–Kier alpha value is -2.58. The minimum absolute atomic E-state index is 0.0748. The van der Waals surface area contributed by atoms with E-state index in [0.717, 1.165) is 5.56 Å².